The molecule has 1 aromatic heterocycles. The maximum atomic E-state index is 13.2. The molecule has 1 unspecified atom stereocenters. The van der Waals surface area contributed by atoms with E-state index < -0.39 is 18.0 Å². The van der Waals surface area contributed by atoms with Crippen LogP contribution >= 0.6 is 0 Å². The third-order valence-corrected chi connectivity index (χ3v) is 3.07. The summed E-state index contributed by atoms with van der Waals surface area (Å²) >= 11 is 0. The normalized spacial score (nSPS) is 12.5. The first-order valence-electron chi connectivity index (χ1n) is 6.16. The Hall–Kier alpha value is -1.49. The molecule has 1 heterocycles. The predicted molar refractivity (Wildman–Crippen MR) is 66.6 cm³/mol. The van der Waals surface area contributed by atoms with Gasteiger partial charge in [0.2, 0.25) is 5.95 Å². The summed E-state index contributed by atoms with van der Waals surface area (Å²) in [5.41, 5.74) is -0.103. The molecule has 0 fully saturated rings. The largest absolute Gasteiger partial charge is 0.391 e. The molecule has 0 aliphatic heterocycles. The molecule has 18 heavy (non-hydrogen) atoms. The van der Waals surface area contributed by atoms with Gasteiger partial charge in [0.15, 0.2) is 0 Å². The molecule has 4 nitrogen and oxygen atoms in total. The van der Waals surface area contributed by atoms with E-state index >= 15 is 0 Å². The average Bonchev–Trinajstić information content (AvgIpc) is 2.38. The van der Waals surface area contributed by atoms with Crippen LogP contribution in [0, 0.1) is 11.9 Å². The summed E-state index contributed by atoms with van der Waals surface area (Å²) in [6.45, 7) is 4.10. The van der Waals surface area contributed by atoms with E-state index in [1.165, 1.54) is 18.3 Å². The van der Waals surface area contributed by atoms with E-state index in [2.05, 4.69) is 10.3 Å². The molecule has 0 aromatic carbocycles. The van der Waals surface area contributed by atoms with Gasteiger partial charge in [-0.25, -0.2) is 4.98 Å². The van der Waals surface area contributed by atoms with Crippen LogP contribution in [0.25, 0.3) is 0 Å². The summed E-state index contributed by atoms with van der Waals surface area (Å²) in [5.74, 6) is -1.21. The highest BCUT2D eigenvalue weighted by Gasteiger charge is 2.18. The fraction of sp³-hybridized carbons (Fsp3) is 0.538. The van der Waals surface area contributed by atoms with Crippen LogP contribution in [0.3, 0.4) is 0 Å². The number of rotatable bonds is 6. The summed E-state index contributed by atoms with van der Waals surface area (Å²) < 4.78 is 13.2. The molecule has 0 aliphatic carbocycles. The number of aliphatic hydroxyl groups excluding tert-OH is 1. The van der Waals surface area contributed by atoms with Crippen LogP contribution in [-0.4, -0.2) is 28.6 Å². The summed E-state index contributed by atoms with van der Waals surface area (Å²) in [5, 5.41) is 12.4. The molecular weight excluding hydrogens is 235 g/mol. The van der Waals surface area contributed by atoms with E-state index in [0.29, 0.717) is 0 Å². The Morgan fingerprint density at radius 3 is 2.72 bits per heavy atom. The third-order valence-electron chi connectivity index (χ3n) is 3.07. The van der Waals surface area contributed by atoms with Crippen LogP contribution in [-0.2, 0) is 0 Å². The molecular formula is C13H19FN2O2. The highest BCUT2D eigenvalue weighted by atomic mass is 19.1. The molecule has 1 atom stereocenters. The number of carbonyl (C=O) groups excluding carboxylic acids is 1. The number of pyridine rings is 1. The van der Waals surface area contributed by atoms with Crippen molar-refractivity contribution in [2.45, 2.75) is 32.8 Å². The fourth-order valence-electron chi connectivity index (χ4n) is 1.85. The van der Waals surface area contributed by atoms with Gasteiger partial charge in [0.25, 0.3) is 5.91 Å². The lowest BCUT2D eigenvalue weighted by molar-refractivity contribution is 0.0813. The van der Waals surface area contributed by atoms with Gasteiger partial charge in [0, 0.05) is 12.7 Å². The summed E-state index contributed by atoms with van der Waals surface area (Å²) in [6, 6.07) is 2.86. The molecule has 0 bridgehead atoms. The molecule has 0 radical (unpaired) electrons. The molecule has 1 rings (SSSR count). The Balaban J connectivity index is 2.54. The minimum atomic E-state index is -0.799. The minimum absolute atomic E-state index is 0.103. The number of aromatic nitrogens is 1. The van der Waals surface area contributed by atoms with Gasteiger partial charge in [-0.2, -0.15) is 4.39 Å². The van der Waals surface area contributed by atoms with Gasteiger partial charge < -0.3 is 10.4 Å². The van der Waals surface area contributed by atoms with E-state index in [4.69, 9.17) is 0 Å². The van der Waals surface area contributed by atoms with Crippen molar-refractivity contribution < 1.29 is 14.3 Å². The topological polar surface area (TPSA) is 62.2 Å². The lowest BCUT2D eigenvalue weighted by Crippen LogP contribution is -2.36. The number of hydrogen-bond donors (Lipinski definition) is 2. The van der Waals surface area contributed by atoms with Crippen molar-refractivity contribution in [1.29, 1.82) is 0 Å². The van der Waals surface area contributed by atoms with Gasteiger partial charge in [-0.1, -0.05) is 26.7 Å². The smallest absolute Gasteiger partial charge is 0.256 e. The number of nitrogens with zero attached hydrogens (tertiary/aromatic N) is 1. The van der Waals surface area contributed by atoms with Gasteiger partial charge in [-0.3, -0.25) is 4.79 Å². The maximum absolute atomic E-state index is 13.2. The minimum Gasteiger partial charge on any atom is -0.391 e. The molecule has 1 amide bonds. The van der Waals surface area contributed by atoms with Crippen LogP contribution in [0.2, 0.25) is 0 Å². The van der Waals surface area contributed by atoms with E-state index in [1.807, 2.05) is 13.8 Å². The monoisotopic (exact) mass is 254 g/mol. The van der Waals surface area contributed by atoms with Crippen molar-refractivity contribution in [2.24, 2.45) is 5.92 Å². The van der Waals surface area contributed by atoms with E-state index in [0.717, 1.165) is 12.8 Å². The zero-order chi connectivity index (χ0) is 13.5. The van der Waals surface area contributed by atoms with Crippen molar-refractivity contribution in [3.63, 3.8) is 0 Å². The predicted octanol–water partition coefficient (Wildman–Crippen LogP) is 1.75. The van der Waals surface area contributed by atoms with Crippen LogP contribution in [0.15, 0.2) is 18.3 Å². The van der Waals surface area contributed by atoms with Gasteiger partial charge in [-0.05, 0) is 18.1 Å². The zero-order valence-electron chi connectivity index (χ0n) is 10.7. The highest BCUT2D eigenvalue weighted by molar-refractivity contribution is 5.94. The highest BCUT2D eigenvalue weighted by Crippen LogP contribution is 2.12. The fourth-order valence-corrected chi connectivity index (χ4v) is 1.85. The third kappa shape index (κ3) is 3.77. The standard InChI is InChI=1S/C13H19FN2O2/c1-3-9(4-2)11(17)8-16-13(18)10-6-5-7-15-12(10)14/h5-7,9,11,17H,3-4,8H2,1-2H3,(H,16,18). The Kier molecular flexibility index (Phi) is 5.71. The summed E-state index contributed by atoms with van der Waals surface area (Å²) in [4.78, 5) is 15.1. The second-order valence-electron chi connectivity index (χ2n) is 4.20. The molecule has 0 saturated carbocycles. The Bertz CT molecular complexity index is 394. The number of nitrogens with one attached hydrogen (secondary N) is 1. The van der Waals surface area contributed by atoms with Crippen LogP contribution in [0.4, 0.5) is 4.39 Å². The van der Waals surface area contributed by atoms with E-state index in [1.54, 1.807) is 0 Å². The second-order valence-corrected chi connectivity index (χ2v) is 4.20. The first-order chi connectivity index (χ1) is 8.60. The second kappa shape index (κ2) is 7.06. The number of hydrogen-bond acceptors (Lipinski definition) is 3. The van der Waals surface area contributed by atoms with Crippen LogP contribution in [0.1, 0.15) is 37.0 Å². The van der Waals surface area contributed by atoms with Gasteiger partial charge in [-0.15, -0.1) is 0 Å². The zero-order valence-corrected chi connectivity index (χ0v) is 10.7. The molecule has 2 N–H and O–H groups in total. The molecule has 5 heteroatoms. The summed E-state index contributed by atoms with van der Waals surface area (Å²) in [6.07, 6.45) is 2.36. The SMILES string of the molecule is CCC(CC)C(O)CNC(=O)c1cccnc1F. The maximum Gasteiger partial charge on any atom is 0.256 e. The number of carbonyl (C=O) groups is 1. The molecule has 0 aliphatic rings. The van der Waals surface area contributed by atoms with Crippen molar-refractivity contribution >= 4 is 5.91 Å². The lowest BCUT2D eigenvalue weighted by atomic mass is 9.96. The molecule has 100 valence electrons. The van der Waals surface area contributed by atoms with Crippen molar-refractivity contribution in [3.8, 4) is 0 Å². The molecule has 1 aromatic rings. The first kappa shape index (κ1) is 14.6. The first-order valence-corrected chi connectivity index (χ1v) is 6.16. The van der Waals surface area contributed by atoms with Crippen molar-refractivity contribution in [3.05, 3.63) is 29.8 Å². The van der Waals surface area contributed by atoms with Crippen molar-refractivity contribution in [2.75, 3.05) is 6.54 Å². The van der Waals surface area contributed by atoms with Gasteiger partial charge in [0.1, 0.15) is 0 Å². The quantitative estimate of drug-likeness (QED) is 0.760. The van der Waals surface area contributed by atoms with Crippen molar-refractivity contribution in [1.82, 2.24) is 10.3 Å². The Labute approximate surface area is 106 Å². The van der Waals surface area contributed by atoms with Gasteiger partial charge in [0.05, 0.1) is 11.7 Å². The Morgan fingerprint density at radius 1 is 1.50 bits per heavy atom. The van der Waals surface area contributed by atoms with Crippen LogP contribution in [0.5, 0.6) is 0 Å². The van der Waals surface area contributed by atoms with E-state index in [9.17, 15) is 14.3 Å². The van der Waals surface area contributed by atoms with E-state index in [-0.39, 0.29) is 18.0 Å². The van der Waals surface area contributed by atoms with Crippen LogP contribution < -0.4 is 5.32 Å². The molecule has 0 spiro atoms. The number of aliphatic hydroxyl groups is 1. The summed E-state index contributed by atoms with van der Waals surface area (Å²) in [7, 11) is 0. The average molecular weight is 254 g/mol. The van der Waals surface area contributed by atoms with Gasteiger partial charge >= 0.3 is 0 Å². The number of amides is 1. The Morgan fingerprint density at radius 2 is 2.17 bits per heavy atom. The number of halogens is 1. The lowest BCUT2D eigenvalue weighted by Gasteiger charge is -2.20. The molecule has 0 saturated heterocycles.